The molecule has 0 heterocycles. The molecule has 3 N–H and O–H groups in total. The van der Waals surface area contributed by atoms with Gasteiger partial charge in [-0.1, -0.05) is 0 Å². The van der Waals surface area contributed by atoms with Crippen molar-refractivity contribution in [2.45, 2.75) is 25.3 Å². The van der Waals surface area contributed by atoms with Crippen LogP contribution < -0.4 is 11.1 Å². The van der Waals surface area contributed by atoms with Gasteiger partial charge in [0.15, 0.2) is 0 Å². The van der Waals surface area contributed by atoms with Gasteiger partial charge in [-0.15, -0.1) is 0 Å². The lowest BCUT2D eigenvalue weighted by Crippen LogP contribution is -2.54. The Bertz CT molecular complexity index is 209. The van der Waals surface area contributed by atoms with Crippen LogP contribution in [-0.4, -0.2) is 43.5 Å². The number of likely N-dealkylation sites (N-methyl/N-ethyl adjacent to an activating group) is 1. The Balaban J connectivity index is 2.26. The van der Waals surface area contributed by atoms with Gasteiger partial charge in [0.2, 0.25) is 5.91 Å². The summed E-state index contributed by atoms with van der Waals surface area (Å²) in [4.78, 5) is 13.7. The monoisotopic (exact) mass is 199 g/mol. The van der Waals surface area contributed by atoms with E-state index in [0.717, 1.165) is 19.4 Å². The first-order chi connectivity index (χ1) is 6.44. The molecule has 0 saturated heterocycles. The summed E-state index contributed by atoms with van der Waals surface area (Å²) in [5.41, 5.74) is 5.30. The Morgan fingerprint density at radius 1 is 1.57 bits per heavy atom. The standard InChI is InChI=1S/C10H21N3O/c1-10(11,8-4-5-8)9(14)12-6-7-13(2)3/h8H,4-7,11H2,1-3H3,(H,12,14). The summed E-state index contributed by atoms with van der Waals surface area (Å²) in [6.45, 7) is 3.35. The summed E-state index contributed by atoms with van der Waals surface area (Å²) in [7, 11) is 3.96. The molecule has 82 valence electrons. The molecule has 4 heteroatoms. The Kier molecular flexibility index (Phi) is 3.50. The van der Waals surface area contributed by atoms with Gasteiger partial charge in [-0.2, -0.15) is 0 Å². The largest absolute Gasteiger partial charge is 0.353 e. The minimum Gasteiger partial charge on any atom is -0.353 e. The highest BCUT2D eigenvalue weighted by molar-refractivity contribution is 5.86. The van der Waals surface area contributed by atoms with Crippen LogP contribution in [0.2, 0.25) is 0 Å². The molecule has 0 aromatic rings. The average molecular weight is 199 g/mol. The second-order valence-electron chi connectivity index (χ2n) is 4.62. The SMILES string of the molecule is CN(C)CCNC(=O)C(C)(N)C1CC1. The first kappa shape index (κ1) is 11.5. The number of nitrogens with zero attached hydrogens (tertiary/aromatic N) is 1. The molecule has 1 saturated carbocycles. The molecule has 1 aliphatic carbocycles. The lowest BCUT2D eigenvalue weighted by atomic mass is 9.96. The van der Waals surface area contributed by atoms with Crippen LogP contribution in [0, 0.1) is 5.92 Å². The van der Waals surface area contributed by atoms with Gasteiger partial charge in [-0.25, -0.2) is 0 Å². The quantitative estimate of drug-likeness (QED) is 0.644. The second-order valence-corrected chi connectivity index (χ2v) is 4.62. The van der Waals surface area contributed by atoms with Crippen LogP contribution >= 0.6 is 0 Å². The number of rotatable bonds is 5. The number of hydrogen-bond acceptors (Lipinski definition) is 3. The molecule has 0 spiro atoms. The van der Waals surface area contributed by atoms with Crippen molar-refractivity contribution < 1.29 is 4.79 Å². The minimum atomic E-state index is -0.660. The minimum absolute atomic E-state index is 0.0122. The lowest BCUT2D eigenvalue weighted by molar-refractivity contribution is -0.126. The summed E-state index contributed by atoms with van der Waals surface area (Å²) in [5.74, 6) is 0.378. The molecule has 14 heavy (non-hydrogen) atoms. The molecule has 0 aromatic heterocycles. The number of carbonyl (C=O) groups excluding carboxylic acids is 1. The molecule has 1 amide bonds. The zero-order valence-corrected chi connectivity index (χ0v) is 9.34. The Morgan fingerprint density at radius 2 is 2.14 bits per heavy atom. The third kappa shape index (κ3) is 2.96. The summed E-state index contributed by atoms with van der Waals surface area (Å²) < 4.78 is 0. The van der Waals surface area contributed by atoms with E-state index in [1.54, 1.807) is 0 Å². The van der Waals surface area contributed by atoms with Crippen molar-refractivity contribution >= 4 is 5.91 Å². The van der Waals surface area contributed by atoms with Crippen LogP contribution in [-0.2, 0) is 4.79 Å². The fraction of sp³-hybridized carbons (Fsp3) is 0.900. The molecular formula is C10H21N3O. The Labute approximate surface area is 85.8 Å². The van der Waals surface area contributed by atoms with E-state index >= 15 is 0 Å². The zero-order valence-electron chi connectivity index (χ0n) is 9.34. The van der Waals surface area contributed by atoms with E-state index < -0.39 is 5.54 Å². The molecule has 1 rings (SSSR count). The molecule has 1 fully saturated rings. The van der Waals surface area contributed by atoms with E-state index in [1.807, 2.05) is 25.9 Å². The molecule has 0 aliphatic heterocycles. The van der Waals surface area contributed by atoms with E-state index in [2.05, 4.69) is 5.32 Å². The van der Waals surface area contributed by atoms with Crippen LogP contribution in [0.1, 0.15) is 19.8 Å². The van der Waals surface area contributed by atoms with Gasteiger partial charge in [-0.05, 0) is 39.8 Å². The highest BCUT2D eigenvalue weighted by Crippen LogP contribution is 2.37. The fourth-order valence-corrected chi connectivity index (χ4v) is 1.45. The van der Waals surface area contributed by atoms with Gasteiger partial charge in [0, 0.05) is 13.1 Å². The van der Waals surface area contributed by atoms with E-state index in [0.29, 0.717) is 12.5 Å². The van der Waals surface area contributed by atoms with Gasteiger partial charge < -0.3 is 16.0 Å². The van der Waals surface area contributed by atoms with Crippen molar-refractivity contribution in [1.29, 1.82) is 0 Å². The van der Waals surface area contributed by atoms with Gasteiger partial charge in [0.05, 0.1) is 5.54 Å². The van der Waals surface area contributed by atoms with E-state index in [1.165, 1.54) is 0 Å². The topological polar surface area (TPSA) is 58.4 Å². The highest BCUT2D eigenvalue weighted by atomic mass is 16.2. The van der Waals surface area contributed by atoms with Crippen molar-refractivity contribution in [2.24, 2.45) is 11.7 Å². The molecule has 0 bridgehead atoms. The van der Waals surface area contributed by atoms with Crippen LogP contribution in [0.15, 0.2) is 0 Å². The first-order valence-corrected chi connectivity index (χ1v) is 5.16. The maximum Gasteiger partial charge on any atom is 0.240 e. The zero-order chi connectivity index (χ0) is 10.8. The van der Waals surface area contributed by atoms with E-state index in [-0.39, 0.29) is 5.91 Å². The van der Waals surface area contributed by atoms with Crippen molar-refractivity contribution in [1.82, 2.24) is 10.2 Å². The molecule has 0 radical (unpaired) electrons. The predicted octanol–water partition coefficient (Wildman–Crippen LogP) is -0.208. The molecule has 0 aromatic carbocycles. The third-order valence-electron chi connectivity index (χ3n) is 2.76. The van der Waals surface area contributed by atoms with E-state index in [4.69, 9.17) is 5.73 Å². The van der Waals surface area contributed by atoms with E-state index in [9.17, 15) is 4.79 Å². The number of nitrogens with one attached hydrogen (secondary N) is 1. The summed E-state index contributed by atoms with van der Waals surface area (Å²) >= 11 is 0. The second kappa shape index (κ2) is 4.28. The van der Waals surface area contributed by atoms with Gasteiger partial charge in [0.1, 0.15) is 0 Å². The third-order valence-corrected chi connectivity index (χ3v) is 2.76. The first-order valence-electron chi connectivity index (χ1n) is 5.16. The number of amides is 1. The molecule has 1 aliphatic rings. The van der Waals surface area contributed by atoms with Crippen LogP contribution in [0.4, 0.5) is 0 Å². The molecule has 1 atom stereocenters. The average Bonchev–Trinajstić information content (AvgIpc) is 2.85. The van der Waals surface area contributed by atoms with Crippen LogP contribution in [0.5, 0.6) is 0 Å². The number of carbonyl (C=O) groups is 1. The van der Waals surface area contributed by atoms with Crippen LogP contribution in [0.3, 0.4) is 0 Å². The predicted molar refractivity (Wildman–Crippen MR) is 56.9 cm³/mol. The van der Waals surface area contributed by atoms with Gasteiger partial charge in [0.25, 0.3) is 0 Å². The van der Waals surface area contributed by atoms with Crippen molar-refractivity contribution in [3.63, 3.8) is 0 Å². The maximum atomic E-state index is 11.7. The van der Waals surface area contributed by atoms with Crippen molar-refractivity contribution in [3.05, 3.63) is 0 Å². The number of nitrogens with two attached hydrogens (primary N) is 1. The summed E-state index contributed by atoms with van der Waals surface area (Å²) in [6.07, 6.45) is 2.18. The smallest absolute Gasteiger partial charge is 0.240 e. The lowest BCUT2D eigenvalue weighted by Gasteiger charge is -2.23. The molecular weight excluding hydrogens is 178 g/mol. The van der Waals surface area contributed by atoms with Crippen LogP contribution in [0.25, 0.3) is 0 Å². The highest BCUT2D eigenvalue weighted by Gasteiger charge is 2.43. The van der Waals surface area contributed by atoms with Crippen molar-refractivity contribution in [2.75, 3.05) is 27.2 Å². The van der Waals surface area contributed by atoms with Gasteiger partial charge >= 0.3 is 0 Å². The molecule has 4 nitrogen and oxygen atoms in total. The Hall–Kier alpha value is -0.610. The van der Waals surface area contributed by atoms with Gasteiger partial charge in [-0.3, -0.25) is 4.79 Å². The Morgan fingerprint density at radius 3 is 2.57 bits per heavy atom. The molecule has 1 unspecified atom stereocenters. The number of hydrogen-bond donors (Lipinski definition) is 2. The van der Waals surface area contributed by atoms with Crippen molar-refractivity contribution in [3.8, 4) is 0 Å². The fourth-order valence-electron chi connectivity index (χ4n) is 1.45. The summed E-state index contributed by atoms with van der Waals surface area (Å²) in [5, 5.41) is 2.87. The maximum absolute atomic E-state index is 11.7. The normalized spacial score (nSPS) is 20.6. The summed E-state index contributed by atoms with van der Waals surface area (Å²) in [6, 6.07) is 0.